The number of carboxylic acids is 1. The molecule has 0 amide bonds. The molecule has 0 aliphatic carbocycles. The van der Waals surface area contributed by atoms with Gasteiger partial charge in [0.2, 0.25) is 0 Å². The van der Waals surface area contributed by atoms with Gasteiger partial charge in [-0.25, -0.2) is 4.79 Å². The molecule has 0 atom stereocenters. The molecule has 1 N–H and O–H groups in total. The molecule has 0 saturated heterocycles. The molecule has 0 unspecified atom stereocenters. The fourth-order valence-corrected chi connectivity index (χ4v) is 1.67. The quantitative estimate of drug-likeness (QED) is 0.488. The van der Waals surface area contributed by atoms with Crippen LogP contribution in [0.1, 0.15) is 26.3 Å². The van der Waals surface area contributed by atoms with Gasteiger partial charge in [0.1, 0.15) is 0 Å². The molecule has 0 aliphatic heterocycles. The van der Waals surface area contributed by atoms with Crippen LogP contribution in [-0.2, 0) is 25.4 Å². The number of rotatable bonds is 4. The molecule has 2 aromatic carbocycles. The van der Waals surface area contributed by atoms with Crippen molar-refractivity contribution in [3.63, 3.8) is 0 Å². The summed E-state index contributed by atoms with van der Waals surface area (Å²) < 4.78 is 25.6. The van der Waals surface area contributed by atoms with Crippen LogP contribution in [0.3, 0.4) is 0 Å². The number of nitro groups is 1. The van der Waals surface area contributed by atoms with Gasteiger partial charge in [-0.15, -0.1) is 0 Å². The molecule has 0 fully saturated rings. The van der Waals surface area contributed by atoms with Gasteiger partial charge in [-0.05, 0) is 24.3 Å². The van der Waals surface area contributed by atoms with E-state index in [9.17, 15) is 19.7 Å². The third-order valence-corrected chi connectivity index (χ3v) is 2.73. The van der Waals surface area contributed by atoms with Gasteiger partial charge in [0, 0.05) is 23.3 Å². The minimum atomic E-state index is -3.79. The standard InChI is InChI=1S/C14H9NO5.Cr.3O/c16-13(9-1-3-11(4-2-9)14(17)18)10-5-7-12(8-6-10)15(19)20;;;;/h1-8H,(H,17,18);;;;. The number of carbonyl (C=O) groups is 2. The minimum absolute atomic E-state index is 0.0882. The molecule has 0 saturated carbocycles. The molecule has 0 bridgehead atoms. The average molecular weight is 371 g/mol. The molecule has 0 aromatic heterocycles. The Labute approximate surface area is 138 Å². The first-order chi connectivity index (χ1) is 11.2. The predicted molar refractivity (Wildman–Crippen MR) is 72.0 cm³/mol. The van der Waals surface area contributed by atoms with Crippen LogP contribution in [0.2, 0.25) is 0 Å². The molecular weight excluding hydrogens is 362 g/mol. The third kappa shape index (κ3) is 5.60. The number of nitrogens with zero attached hydrogens (tertiary/aromatic N) is 1. The van der Waals surface area contributed by atoms with E-state index in [0.717, 1.165) is 0 Å². The molecule has 9 nitrogen and oxygen atoms in total. The van der Waals surface area contributed by atoms with E-state index in [0.29, 0.717) is 11.1 Å². The van der Waals surface area contributed by atoms with E-state index < -0.39 is 24.8 Å². The van der Waals surface area contributed by atoms with E-state index >= 15 is 0 Å². The molecule has 24 heavy (non-hydrogen) atoms. The Kier molecular flexibility index (Phi) is 6.73. The second-order valence-corrected chi connectivity index (χ2v) is 4.86. The van der Waals surface area contributed by atoms with Crippen LogP contribution in [0, 0.1) is 10.1 Å². The Morgan fingerprint density at radius 2 is 1.17 bits per heavy atom. The van der Waals surface area contributed by atoms with Gasteiger partial charge in [-0.3, -0.25) is 14.9 Å². The van der Waals surface area contributed by atoms with Gasteiger partial charge in [0.05, 0.1) is 10.5 Å². The zero-order valence-electron chi connectivity index (χ0n) is 11.8. The zero-order chi connectivity index (χ0) is 18.3. The van der Waals surface area contributed by atoms with Crippen LogP contribution < -0.4 is 0 Å². The van der Waals surface area contributed by atoms with Crippen molar-refractivity contribution in [2.45, 2.75) is 0 Å². The van der Waals surface area contributed by atoms with Crippen LogP contribution in [0.15, 0.2) is 48.5 Å². The average Bonchev–Trinajstić information content (AvgIpc) is 2.54. The maximum absolute atomic E-state index is 12.1. The third-order valence-electron chi connectivity index (χ3n) is 2.73. The molecule has 124 valence electrons. The summed E-state index contributed by atoms with van der Waals surface area (Å²) >= 11 is -3.79. The van der Waals surface area contributed by atoms with Crippen LogP contribution >= 0.6 is 0 Å². The van der Waals surface area contributed by atoms with Crippen LogP contribution in [0.25, 0.3) is 0 Å². The summed E-state index contributed by atoms with van der Waals surface area (Å²) in [7, 11) is 0. The number of ketones is 1. The first kappa shape index (κ1) is 19.0. The number of hydrogen-bond donors (Lipinski definition) is 1. The van der Waals surface area contributed by atoms with Crippen molar-refractivity contribution in [2.24, 2.45) is 0 Å². The molecule has 0 aliphatic rings. The van der Waals surface area contributed by atoms with Gasteiger partial charge in [0.15, 0.2) is 5.78 Å². The van der Waals surface area contributed by atoms with Gasteiger partial charge >= 0.3 is 31.3 Å². The number of non-ortho nitro benzene ring substituents is 1. The first-order valence-corrected chi connectivity index (χ1v) is 7.67. The molecule has 2 aromatic rings. The van der Waals surface area contributed by atoms with E-state index in [1.807, 2.05) is 0 Å². The van der Waals surface area contributed by atoms with Gasteiger partial charge in [-0.2, -0.15) is 0 Å². The van der Waals surface area contributed by atoms with Gasteiger partial charge in [0.25, 0.3) is 5.69 Å². The topological polar surface area (TPSA) is 149 Å². The van der Waals surface area contributed by atoms with Crippen molar-refractivity contribution < 1.29 is 45.0 Å². The number of hydrogen-bond acceptors (Lipinski definition) is 7. The maximum atomic E-state index is 12.1. The van der Waals surface area contributed by atoms with E-state index in [1.165, 1.54) is 48.5 Å². The fraction of sp³-hybridized carbons (Fsp3) is 0. The van der Waals surface area contributed by atoms with Crippen molar-refractivity contribution in [2.75, 3.05) is 0 Å². The van der Waals surface area contributed by atoms with Crippen molar-refractivity contribution in [3.05, 3.63) is 75.3 Å². The van der Waals surface area contributed by atoms with E-state index in [2.05, 4.69) is 0 Å². The number of benzene rings is 2. The number of carbonyl (C=O) groups excluding carboxylic acids is 1. The van der Waals surface area contributed by atoms with Gasteiger partial charge in [-0.1, -0.05) is 12.1 Å². The summed E-state index contributed by atoms with van der Waals surface area (Å²) in [6, 6.07) is 10.7. The molecule has 0 heterocycles. The summed E-state index contributed by atoms with van der Waals surface area (Å²) in [6.45, 7) is 0. The Morgan fingerprint density at radius 1 is 0.833 bits per heavy atom. The molecule has 0 radical (unpaired) electrons. The Bertz CT molecular complexity index is 804. The molecular formula is C14H9CrNO8. The second-order valence-electron chi connectivity index (χ2n) is 4.22. The van der Waals surface area contributed by atoms with Crippen LogP contribution in [0.5, 0.6) is 0 Å². The SMILES string of the molecule is O=C(O)c1ccc(C(=O)c2ccc([N+](=O)[O-])cc2)cc1.[O]=[Cr](=[O])=[O]. The Hall–Kier alpha value is -3.09. The predicted octanol–water partition coefficient (Wildman–Crippen LogP) is 2.17. The normalized spacial score (nSPS) is 9.33. The van der Waals surface area contributed by atoms with Crippen molar-refractivity contribution >= 4 is 17.4 Å². The zero-order valence-corrected chi connectivity index (χ0v) is 13.1. The van der Waals surface area contributed by atoms with Crippen molar-refractivity contribution in [1.82, 2.24) is 0 Å². The van der Waals surface area contributed by atoms with Crippen LogP contribution in [-0.4, -0.2) is 21.8 Å². The van der Waals surface area contributed by atoms with Crippen LogP contribution in [0.4, 0.5) is 5.69 Å². The second kappa shape index (κ2) is 8.52. The molecule has 2 rings (SSSR count). The van der Waals surface area contributed by atoms with Crippen molar-refractivity contribution in [3.8, 4) is 0 Å². The van der Waals surface area contributed by atoms with Crippen molar-refractivity contribution in [1.29, 1.82) is 0 Å². The molecule has 10 heteroatoms. The molecule has 0 spiro atoms. The van der Waals surface area contributed by atoms with E-state index in [4.69, 9.17) is 16.5 Å². The van der Waals surface area contributed by atoms with E-state index in [-0.39, 0.29) is 17.0 Å². The summed E-state index contributed by atoms with van der Waals surface area (Å²) in [6.07, 6.45) is 0. The number of aromatic carboxylic acids is 1. The Morgan fingerprint density at radius 3 is 1.50 bits per heavy atom. The Balaban J connectivity index is 0.000000648. The number of nitro benzene ring substituents is 1. The first-order valence-electron chi connectivity index (χ1n) is 6.11. The summed E-state index contributed by atoms with van der Waals surface area (Å²) in [5.74, 6) is -1.39. The summed E-state index contributed by atoms with van der Waals surface area (Å²) in [5, 5.41) is 19.3. The summed E-state index contributed by atoms with van der Waals surface area (Å²) in [4.78, 5) is 32.8. The monoisotopic (exact) mass is 371 g/mol. The van der Waals surface area contributed by atoms with E-state index in [1.54, 1.807) is 0 Å². The van der Waals surface area contributed by atoms with Gasteiger partial charge < -0.3 is 5.11 Å². The fourth-order valence-electron chi connectivity index (χ4n) is 1.67. The number of carboxylic acid groups (broad SMARTS) is 1. The summed E-state index contributed by atoms with van der Waals surface area (Å²) in [5.41, 5.74) is 0.621.